The Morgan fingerprint density at radius 3 is 1.29 bits per heavy atom. The van der Waals surface area contributed by atoms with Gasteiger partial charge in [0.2, 0.25) is 11.8 Å². The third-order valence-electron chi connectivity index (χ3n) is 7.27. The van der Waals surface area contributed by atoms with Crippen LogP contribution in [-0.2, 0) is 19.2 Å². The Bertz CT molecular complexity index is 1470. The minimum Gasteiger partial charge on any atom is -0.356 e. The number of hydrogen-bond acceptors (Lipinski definition) is 9. The van der Waals surface area contributed by atoms with Crippen molar-refractivity contribution in [1.29, 1.82) is 0 Å². The topological polar surface area (TPSA) is 178 Å². The summed E-state index contributed by atoms with van der Waals surface area (Å²) in [5, 5.41) is 5.08. The Kier molecular flexibility index (Phi) is 8.79. The van der Waals surface area contributed by atoms with Crippen molar-refractivity contribution >= 4 is 52.3 Å². The highest BCUT2D eigenvalue weighted by molar-refractivity contribution is 6.37. The third kappa shape index (κ3) is 5.90. The second-order valence-corrected chi connectivity index (χ2v) is 10.3. The zero-order chi connectivity index (χ0) is 30.7. The van der Waals surface area contributed by atoms with Crippen LogP contribution >= 0.6 is 0 Å². The molecular formula is C31H28N2O9. The van der Waals surface area contributed by atoms with E-state index in [1.54, 1.807) is 0 Å². The first kappa shape index (κ1) is 30.0. The molecule has 2 N–H and O–H groups in total. The first-order valence-corrected chi connectivity index (χ1v) is 13.5. The molecule has 0 bridgehead atoms. The quantitative estimate of drug-likeness (QED) is 0.218. The largest absolute Gasteiger partial charge is 0.356 e. The van der Waals surface area contributed by atoms with Gasteiger partial charge in [0.05, 0.1) is 0 Å². The highest BCUT2D eigenvalue weighted by Gasteiger charge is 2.44. The summed E-state index contributed by atoms with van der Waals surface area (Å²) in [6.45, 7) is 3.12. The zero-order valence-electron chi connectivity index (χ0n) is 23.0. The van der Waals surface area contributed by atoms with E-state index in [0.717, 1.165) is 0 Å². The molecule has 11 heteroatoms. The molecule has 0 spiro atoms. The maximum atomic E-state index is 13.3. The minimum atomic E-state index is -1.50. The van der Waals surface area contributed by atoms with Crippen LogP contribution in [0.5, 0.6) is 0 Å². The summed E-state index contributed by atoms with van der Waals surface area (Å²) in [4.78, 5) is 112. The van der Waals surface area contributed by atoms with Gasteiger partial charge >= 0.3 is 0 Å². The first-order valence-electron chi connectivity index (χ1n) is 13.5. The smallest absolute Gasteiger partial charge is 0.216 e. The molecule has 2 amide bonds. The number of Topliss-reactive ketones (excluding diaryl/α,β-unsaturated/α-hetero) is 6. The number of benzene rings is 2. The molecule has 0 heterocycles. The standard InChI is InChI=1S/C31H28N2O9/c1-15(34)32-11-3-5-23(36)25-28(39)19-9-7-17(13-21(19)30(25)41)27(38)18-8-10-20-22(14-18)31(42)26(29(20)40)24(37)6-4-12-33-16(2)35/h7-10,13-14,25-26H,3-6,11-12H2,1-2H3,(H,32,34)(H,33,35). The van der Waals surface area contributed by atoms with Crippen LogP contribution in [0.2, 0.25) is 0 Å². The van der Waals surface area contributed by atoms with E-state index in [1.165, 1.54) is 50.2 Å². The van der Waals surface area contributed by atoms with Crippen LogP contribution in [0.25, 0.3) is 0 Å². The summed E-state index contributed by atoms with van der Waals surface area (Å²) in [6, 6.07) is 7.79. The molecule has 216 valence electrons. The molecule has 0 aromatic heterocycles. The fourth-order valence-electron chi connectivity index (χ4n) is 5.16. The Hall–Kier alpha value is -4.93. The third-order valence-corrected chi connectivity index (χ3v) is 7.27. The predicted octanol–water partition coefficient (Wildman–Crippen LogP) is 1.88. The van der Waals surface area contributed by atoms with Crippen molar-refractivity contribution in [3.05, 3.63) is 69.8 Å². The summed E-state index contributed by atoms with van der Waals surface area (Å²) >= 11 is 0. The van der Waals surface area contributed by atoms with Crippen LogP contribution in [0.15, 0.2) is 36.4 Å². The molecule has 2 aromatic rings. The molecule has 0 saturated carbocycles. The minimum absolute atomic E-state index is 0.0337. The molecule has 42 heavy (non-hydrogen) atoms. The average Bonchev–Trinajstić information content (AvgIpc) is 3.35. The lowest BCUT2D eigenvalue weighted by Gasteiger charge is -2.06. The molecule has 2 unspecified atom stereocenters. The Labute approximate surface area is 240 Å². The molecular weight excluding hydrogens is 544 g/mol. The molecule has 0 aliphatic heterocycles. The van der Waals surface area contributed by atoms with Gasteiger partial charge in [-0.25, -0.2) is 0 Å². The lowest BCUT2D eigenvalue weighted by Crippen LogP contribution is -2.27. The van der Waals surface area contributed by atoms with Gasteiger partial charge in [0.1, 0.15) is 11.8 Å². The van der Waals surface area contributed by atoms with Crippen LogP contribution in [0.4, 0.5) is 0 Å². The van der Waals surface area contributed by atoms with E-state index in [2.05, 4.69) is 10.6 Å². The van der Waals surface area contributed by atoms with Crippen molar-refractivity contribution in [2.75, 3.05) is 13.1 Å². The summed E-state index contributed by atoms with van der Waals surface area (Å²) in [5.41, 5.74) is 0.0384. The van der Waals surface area contributed by atoms with Gasteiger partial charge in [-0.3, -0.25) is 43.2 Å². The fraction of sp³-hybridized carbons (Fsp3) is 0.323. The number of ketones is 7. The van der Waals surface area contributed by atoms with Crippen LogP contribution in [0.3, 0.4) is 0 Å². The van der Waals surface area contributed by atoms with Gasteiger partial charge in [-0.15, -0.1) is 0 Å². The molecule has 2 aliphatic carbocycles. The van der Waals surface area contributed by atoms with Crippen molar-refractivity contribution in [1.82, 2.24) is 10.6 Å². The monoisotopic (exact) mass is 572 g/mol. The molecule has 2 aliphatic rings. The number of fused-ring (bicyclic) bond motifs is 2. The number of hydrogen-bond donors (Lipinski definition) is 2. The van der Waals surface area contributed by atoms with E-state index < -0.39 is 52.3 Å². The number of rotatable bonds is 12. The number of carbonyl (C=O) groups excluding carboxylic acids is 9. The molecule has 0 radical (unpaired) electrons. The van der Waals surface area contributed by atoms with E-state index in [1.807, 2.05) is 0 Å². The number of carbonyl (C=O) groups is 9. The molecule has 4 rings (SSSR count). The molecule has 0 saturated heterocycles. The van der Waals surface area contributed by atoms with Crippen molar-refractivity contribution < 1.29 is 43.2 Å². The van der Waals surface area contributed by atoms with E-state index in [4.69, 9.17) is 0 Å². The van der Waals surface area contributed by atoms with Crippen LogP contribution in [0.1, 0.15) is 96.9 Å². The fourth-order valence-corrected chi connectivity index (χ4v) is 5.16. The predicted molar refractivity (Wildman–Crippen MR) is 146 cm³/mol. The summed E-state index contributed by atoms with van der Waals surface area (Å²) in [6.07, 6.45) is 0.364. The molecule has 2 aromatic carbocycles. The first-order chi connectivity index (χ1) is 19.9. The Balaban J connectivity index is 1.48. The van der Waals surface area contributed by atoms with Gasteiger partial charge in [0.25, 0.3) is 0 Å². The van der Waals surface area contributed by atoms with Gasteiger partial charge in [-0.05, 0) is 37.1 Å². The summed E-state index contributed by atoms with van der Waals surface area (Å²) in [7, 11) is 0. The number of nitrogens with one attached hydrogen (secondary N) is 2. The van der Waals surface area contributed by atoms with Crippen LogP contribution in [-0.4, -0.2) is 65.4 Å². The van der Waals surface area contributed by atoms with Crippen molar-refractivity contribution in [3.63, 3.8) is 0 Å². The van der Waals surface area contributed by atoms with E-state index in [0.29, 0.717) is 0 Å². The molecule has 11 nitrogen and oxygen atoms in total. The normalized spacial score (nSPS) is 17.1. The van der Waals surface area contributed by atoms with Crippen LogP contribution < -0.4 is 10.6 Å². The van der Waals surface area contributed by atoms with Crippen LogP contribution in [0, 0.1) is 11.8 Å². The maximum absolute atomic E-state index is 13.3. The highest BCUT2D eigenvalue weighted by atomic mass is 16.2. The van der Waals surface area contributed by atoms with Gasteiger partial charge in [0, 0.05) is 73.2 Å². The van der Waals surface area contributed by atoms with Crippen molar-refractivity contribution in [2.24, 2.45) is 11.8 Å². The Morgan fingerprint density at radius 1 is 0.571 bits per heavy atom. The average molecular weight is 573 g/mol. The van der Waals surface area contributed by atoms with Gasteiger partial charge in [-0.2, -0.15) is 0 Å². The van der Waals surface area contributed by atoms with Gasteiger partial charge in [-0.1, -0.05) is 12.1 Å². The summed E-state index contributed by atoms with van der Waals surface area (Å²) in [5.74, 6) is -7.95. The van der Waals surface area contributed by atoms with E-state index in [-0.39, 0.29) is 84.0 Å². The lowest BCUT2D eigenvalue weighted by atomic mass is 9.95. The Morgan fingerprint density at radius 2 is 0.929 bits per heavy atom. The zero-order valence-corrected chi connectivity index (χ0v) is 23.0. The number of amides is 2. The summed E-state index contributed by atoms with van der Waals surface area (Å²) < 4.78 is 0. The van der Waals surface area contributed by atoms with Gasteiger partial charge in [0.15, 0.2) is 40.5 Å². The van der Waals surface area contributed by atoms with Crippen molar-refractivity contribution in [3.8, 4) is 0 Å². The highest BCUT2D eigenvalue weighted by Crippen LogP contribution is 2.32. The molecule has 0 fully saturated rings. The van der Waals surface area contributed by atoms with E-state index in [9.17, 15) is 43.2 Å². The SMILES string of the molecule is CC(=O)NCCCC(=O)C1C(=O)c2ccc(C(=O)c3ccc4c(c3)C(=O)C(C(=O)CCCNC(C)=O)C4=O)cc2C1=O. The maximum Gasteiger partial charge on any atom is 0.216 e. The second kappa shape index (κ2) is 12.3. The van der Waals surface area contributed by atoms with Crippen molar-refractivity contribution in [2.45, 2.75) is 39.5 Å². The lowest BCUT2D eigenvalue weighted by molar-refractivity contribution is -0.121. The van der Waals surface area contributed by atoms with E-state index >= 15 is 0 Å². The second-order valence-electron chi connectivity index (χ2n) is 10.3. The van der Waals surface area contributed by atoms with Gasteiger partial charge < -0.3 is 10.6 Å². The molecule has 2 atom stereocenters.